The molecule has 7 nitrogen and oxygen atoms in total. The Labute approximate surface area is 179 Å². The van der Waals surface area contributed by atoms with Gasteiger partial charge in [-0.1, -0.05) is 24.3 Å². The Bertz CT molecular complexity index is 1170. The van der Waals surface area contributed by atoms with Crippen LogP contribution >= 0.6 is 0 Å². The third-order valence-electron chi connectivity index (χ3n) is 6.41. The van der Waals surface area contributed by atoms with E-state index in [1.54, 1.807) is 6.20 Å². The molecule has 3 aliphatic rings. The van der Waals surface area contributed by atoms with Crippen LogP contribution in [0.4, 0.5) is 5.69 Å². The predicted octanol–water partition coefficient (Wildman–Crippen LogP) is 3.56. The van der Waals surface area contributed by atoms with Gasteiger partial charge in [0.05, 0.1) is 17.9 Å². The van der Waals surface area contributed by atoms with Crippen LogP contribution in [0.25, 0.3) is 10.8 Å². The number of nitrogens with one attached hydrogen (secondary N) is 1. The smallest absolute Gasteiger partial charge is 0.260 e. The van der Waals surface area contributed by atoms with E-state index in [-0.39, 0.29) is 18.7 Å². The van der Waals surface area contributed by atoms with Crippen molar-refractivity contribution < 1.29 is 19.0 Å². The van der Waals surface area contributed by atoms with Crippen LogP contribution in [-0.4, -0.2) is 48.5 Å². The number of aromatic nitrogens is 1. The lowest BCUT2D eigenvalue weighted by Crippen LogP contribution is -2.48. The number of carbonyl (C=O) groups excluding carboxylic acids is 1. The molecule has 158 valence electrons. The summed E-state index contributed by atoms with van der Waals surface area (Å²) in [7, 11) is 0. The number of pyridine rings is 1. The number of fused-ring (bicyclic) bond motifs is 4. The molecule has 0 atom stereocenters. The van der Waals surface area contributed by atoms with Crippen LogP contribution in [0.3, 0.4) is 0 Å². The molecule has 3 aromatic rings. The maximum atomic E-state index is 13.5. The Balaban J connectivity index is 1.43. The topological polar surface area (TPSA) is 72.9 Å². The number of benzene rings is 2. The fraction of sp³-hybridized carbons (Fsp3) is 0.333. The van der Waals surface area contributed by atoms with E-state index >= 15 is 0 Å². The van der Waals surface area contributed by atoms with E-state index in [4.69, 9.17) is 14.2 Å². The average molecular weight is 417 g/mol. The van der Waals surface area contributed by atoms with Gasteiger partial charge < -0.3 is 24.4 Å². The highest BCUT2D eigenvalue weighted by molar-refractivity contribution is 6.11. The molecule has 31 heavy (non-hydrogen) atoms. The molecule has 6 rings (SSSR count). The number of amides is 1. The van der Waals surface area contributed by atoms with Gasteiger partial charge in [-0.2, -0.15) is 0 Å². The second-order valence-electron chi connectivity index (χ2n) is 8.14. The van der Waals surface area contributed by atoms with Crippen molar-refractivity contribution in [3.05, 3.63) is 59.3 Å². The molecule has 2 aromatic carbocycles. The summed E-state index contributed by atoms with van der Waals surface area (Å²) in [5, 5.41) is 5.72. The fourth-order valence-corrected chi connectivity index (χ4v) is 4.85. The van der Waals surface area contributed by atoms with E-state index in [2.05, 4.69) is 22.4 Å². The van der Waals surface area contributed by atoms with Crippen molar-refractivity contribution in [3.8, 4) is 11.6 Å². The Kier molecular flexibility index (Phi) is 4.42. The van der Waals surface area contributed by atoms with E-state index in [0.29, 0.717) is 37.9 Å². The molecule has 0 radical (unpaired) electrons. The Morgan fingerprint density at radius 1 is 1.06 bits per heavy atom. The van der Waals surface area contributed by atoms with Gasteiger partial charge in [-0.3, -0.25) is 4.79 Å². The van der Waals surface area contributed by atoms with Gasteiger partial charge >= 0.3 is 0 Å². The second kappa shape index (κ2) is 7.42. The molecule has 4 heterocycles. The minimum absolute atomic E-state index is 0.0900. The summed E-state index contributed by atoms with van der Waals surface area (Å²) in [6.07, 6.45) is 4.13. The van der Waals surface area contributed by atoms with Crippen LogP contribution in [0.5, 0.6) is 11.6 Å². The molecule has 1 fully saturated rings. The van der Waals surface area contributed by atoms with E-state index in [9.17, 15) is 4.79 Å². The number of ether oxygens (including phenoxy) is 3. The molecule has 0 aliphatic carbocycles. The van der Waals surface area contributed by atoms with Crippen LogP contribution in [0, 0.1) is 0 Å². The SMILES string of the molecule is O=C1c2cc(Cc3ccnc4c3OCO4)c3ccccc3c2NCN1C1CCOCC1. The van der Waals surface area contributed by atoms with E-state index in [1.165, 1.54) is 0 Å². The molecular weight excluding hydrogens is 394 g/mol. The number of nitrogens with zero attached hydrogens (tertiary/aromatic N) is 2. The number of carbonyl (C=O) groups is 1. The van der Waals surface area contributed by atoms with Crippen LogP contribution in [0.2, 0.25) is 0 Å². The van der Waals surface area contributed by atoms with Crippen molar-refractivity contribution in [1.29, 1.82) is 0 Å². The third kappa shape index (κ3) is 3.08. The normalized spacial score (nSPS) is 18.2. The van der Waals surface area contributed by atoms with Crippen LogP contribution in [0.15, 0.2) is 42.6 Å². The lowest BCUT2D eigenvalue weighted by Gasteiger charge is -2.38. The fourth-order valence-electron chi connectivity index (χ4n) is 4.85. The highest BCUT2D eigenvalue weighted by Gasteiger charge is 2.32. The molecule has 0 bridgehead atoms. The van der Waals surface area contributed by atoms with Gasteiger partial charge in [0, 0.05) is 42.8 Å². The summed E-state index contributed by atoms with van der Waals surface area (Å²) in [5.74, 6) is 1.31. The average Bonchev–Trinajstić information content (AvgIpc) is 3.30. The summed E-state index contributed by atoms with van der Waals surface area (Å²) in [6, 6.07) is 12.5. The van der Waals surface area contributed by atoms with E-state index < -0.39 is 0 Å². The first-order chi connectivity index (χ1) is 15.3. The minimum atomic E-state index is 0.0900. The molecule has 0 spiro atoms. The summed E-state index contributed by atoms with van der Waals surface area (Å²) >= 11 is 0. The monoisotopic (exact) mass is 417 g/mol. The molecule has 3 aliphatic heterocycles. The van der Waals surface area contributed by atoms with E-state index in [1.807, 2.05) is 29.2 Å². The number of hydrogen-bond acceptors (Lipinski definition) is 6. The Hall–Kier alpha value is -3.32. The van der Waals surface area contributed by atoms with Crippen LogP contribution in [-0.2, 0) is 11.2 Å². The van der Waals surface area contributed by atoms with Crippen molar-refractivity contribution in [2.24, 2.45) is 0 Å². The first-order valence-electron chi connectivity index (χ1n) is 10.7. The molecule has 7 heteroatoms. The quantitative estimate of drug-likeness (QED) is 0.703. The summed E-state index contributed by atoms with van der Waals surface area (Å²) in [6.45, 7) is 2.13. The van der Waals surface area contributed by atoms with Gasteiger partial charge in [-0.05, 0) is 35.9 Å². The predicted molar refractivity (Wildman–Crippen MR) is 116 cm³/mol. The standard InChI is InChI=1S/C24H23N3O4/c28-24-20-12-16(11-15-5-8-25-23-22(15)30-14-31-23)18-3-1-2-4-19(18)21(20)26-13-27(24)17-6-9-29-10-7-17/h1-5,8,12,17,26H,6-7,9-11,13-14H2. The van der Waals surface area contributed by atoms with Gasteiger partial charge in [-0.15, -0.1) is 0 Å². The van der Waals surface area contributed by atoms with Crippen molar-refractivity contribution in [2.45, 2.75) is 25.3 Å². The maximum Gasteiger partial charge on any atom is 0.260 e. The molecule has 0 unspecified atom stereocenters. The molecule has 0 saturated carbocycles. The van der Waals surface area contributed by atoms with E-state index in [0.717, 1.165) is 46.0 Å². The summed E-state index contributed by atoms with van der Waals surface area (Å²) in [5.41, 5.74) is 3.74. The molecule has 1 saturated heterocycles. The first kappa shape index (κ1) is 18.4. The highest BCUT2D eigenvalue weighted by Crippen LogP contribution is 2.39. The lowest BCUT2D eigenvalue weighted by molar-refractivity contribution is 0.0301. The van der Waals surface area contributed by atoms with Gasteiger partial charge in [0.15, 0.2) is 5.75 Å². The minimum Gasteiger partial charge on any atom is -0.451 e. The summed E-state index contributed by atoms with van der Waals surface area (Å²) in [4.78, 5) is 19.7. The Morgan fingerprint density at radius 2 is 1.90 bits per heavy atom. The van der Waals surface area contributed by atoms with Gasteiger partial charge in [0.2, 0.25) is 6.79 Å². The summed E-state index contributed by atoms with van der Waals surface area (Å²) < 4.78 is 16.6. The maximum absolute atomic E-state index is 13.5. The number of rotatable bonds is 3. The first-order valence-corrected chi connectivity index (χ1v) is 10.7. The third-order valence-corrected chi connectivity index (χ3v) is 6.41. The van der Waals surface area contributed by atoms with Crippen molar-refractivity contribution in [3.63, 3.8) is 0 Å². The van der Waals surface area contributed by atoms with Crippen molar-refractivity contribution in [2.75, 3.05) is 32.0 Å². The highest BCUT2D eigenvalue weighted by atomic mass is 16.7. The van der Waals surface area contributed by atoms with Crippen LogP contribution < -0.4 is 14.8 Å². The molecule has 1 amide bonds. The zero-order chi connectivity index (χ0) is 20.8. The lowest BCUT2D eigenvalue weighted by atomic mass is 9.92. The van der Waals surface area contributed by atoms with Crippen molar-refractivity contribution in [1.82, 2.24) is 9.88 Å². The van der Waals surface area contributed by atoms with Gasteiger partial charge in [-0.25, -0.2) is 4.98 Å². The van der Waals surface area contributed by atoms with Crippen LogP contribution in [0.1, 0.15) is 34.3 Å². The number of hydrogen-bond donors (Lipinski definition) is 1. The number of anilines is 1. The van der Waals surface area contributed by atoms with Crippen molar-refractivity contribution >= 4 is 22.4 Å². The van der Waals surface area contributed by atoms with Gasteiger partial charge in [0.25, 0.3) is 11.8 Å². The Morgan fingerprint density at radius 3 is 2.77 bits per heavy atom. The van der Waals surface area contributed by atoms with Gasteiger partial charge in [0.1, 0.15) is 0 Å². The zero-order valence-electron chi connectivity index (χ0n) is 17.1. The largest absolute Gasteiger partial charge is 0.451 e. The molecule has 1 aromatic heterocycles. The zero-order valence-corrected chi connectivity index (χ0v) is 17.1. The molecule has 1 N–H and O–H groups in total. The second-order valence-corrected chi connectivity index (χ2v) is 8.14. The molecular formula is C24H23N3O4.